The van der Waals surface area contributed by atoms with E-state index in [-0.39, 0.29) is 5.91 Å². The molecular weight excluding hydrogens is 264 g/mol. The van der Waals surface area contributed by atoms with E-state index in [2.05, 4.69) is 5.32 Å². The van der Waals surface area contributed by atoms with E-state index in [1.165, 1.54) is 11.3 Å². The average Bonchev–Trinajstić information content (AvgIpc) is 2.85. The third-order valence-corrected chi connectivity index (χ3v) is 4.27. The summed E-state index contributed by atoms with van der Waals surface area (Å²) in [5, 5.41) is 23.0. The first kappa shape index (κ1) is 13.6. The number of hydrogen-bond acceptors (Lipinski definition) is 4. The third kappa shape index (κ3) is 2.93. The quantitative estimate of drug-likeness (QED) is 0.888. The fourth-order valence-electron chi connectivity index (χ4n) is 2.44. The summed E-state index contributed by atoms with van der Waals surface area (Å²) in [6.07, 6.45) is 2.86. The smallest absolute Gasteiger partial charge is 0.307 e. The van der Waals surface area contributed by atoms with Gasteiger partial charge in [0.05, 0.1) is 17.4 Å². The number of amides is 1. The van der Waals surface area contributed by atoms with Crippen LogP contribution in [-0.4, -0.2) is 17.0 Å². The Labute approximate surface area is 114 Å². The summed E-state index contributed by atoms with van der Waals surface area (Å²) in [6.45, 7) is 0. The van der Waals surface area contributed by atoms with E-state index in [9.17, 15) is 9.59 Å². The monoisotopic (exact) mass is 278 g/mol. The van der Waals surface area contributed by atoms with E-state index < -0.39 is 17.8 Å². The van der Waals surface area contributed by atoms with Gasteiger partial charge in [0.25, 0.3) is 0 Å². The molecule has 1 fully saturated rings. The zero-order chi connectivity index (χ0) is 13.8. The van der Waals surface area contributed by atoms with Gasteiger partial charge in [0.15, 0.2) is 0 Å². The largest absolute Gasteiger partial charge is 0.481 e. The second-order valence-electron chi connectivity index (χ2n) is 4.60. The number of anilines is 1. The molecule has 0 radical (unpaired) electrons. The van der Waals surface area contributed by atoms with Gasteiger partial charge in [-0.05, 0) is 24.3 Å². The molecule has 6 heteroatoms. The molecule has 2 N–H and O–H groups in total. The second kappa shape index (κ2) is 5.85. The van der Waals surface area contributed by atoms with Gasteiger partial charge in [0.2, 0.25) is 5.91 Å². The van der Waals surface area contributed by atoms with Crippen molar-refractivity contribution in [2.24, 2.45) is 11.8 Å². The van der Waals surface area contributed by atoms with Crippen LogP contribution in [0.1, 0.15) is 31.2 Å². The lowest BCUT2D eigenvalue weighted by Crippen LogP contribution is -2.36. The Hall–Kier alpha value is -1.87. The van der Waals surface area contributed by atoms with Crippen LogP contribution in [0.25, 0.3) is 0 Å². The molecule has 1 aromatic rings. The lowest BCUT2D eigenvalue weighted by molar-refractivity contribution is -0.147. The molecule has 1 aliphatic rings. The number of carboxylic acid groups (broad SMARTS) is 1. The van der Waals surface area contributed by atoms with Crippen LogP contribution < -0.4 is 5.32 Å². The summed E-state index contributed by atoms with van der Waals surface area (Å²) in [6, 6.07) is 3.63. The predicted octanol–water partition coefficient (Wildman–Crippen LogP) is 2.45. The van der Waals surface area contributed by atoms with Crippen molar-refractivity contribution in [1.82, 2.24) is 0 Å². The van der Waals surface area contributed by atoms with Crippen LogP contribution in [0, 0.1) is 23.2 Å². The topological polar surface area (TPSA) is 90.2 Å². The van der Waals surface area contributed by atoms with Gasteiger partial charge in [0, 0.05) is 0 Å². The maximum atomic E-state index is 12.2. The molecule has 19 heavy (non-hydrogen) atoms. The Morgan fingerprint density at radius 2 is 2.05 bits per heavy atom. The summed E-state index contributed by atoms with van der Waals surface area (Å²) in [5.41, 5.74) is 0.418. The van der Waals surface area contributed by atoms with Gasteiger partial charge in [-0.2, -0.15) is 5.26 Å². The number of carbonyl (C=O) groups is 2. The minimum atomic E-state index is -0.911. The number of nitriles is 1. The van der Waals surface area contributed by atoms with Gasteiger partial charge in [0.1, 0.15) is 11.1 Å². The molecule has 1 amide bonds. The van der Waals surface area contributed by atoms with Crippen molar-refractivity contribution < 1.29 is 14.7 Å². The van der Waals surface area contributed by atoms with E-state index in [0.717, 1.165) is 12.8 Å². The summed E-state index contributed by atoms with van der Waals surface area (Å²) < 4.78 is 0. The van der Waals surface area contributed by atoms with Crippen LogP contribution in [0.3, 0.4) is 0 Å². The van der Waals surface area contributed by atoms with Crippen molar-refractivity contribution in [2.75, 3.05) is 5.32 Å². The number of rotatable bonds is 3. The van der Waals surface area contributed by atoms with Crippen LogP contribution >= 0.6 is 11.3 Å². The number of nitrogens with one attached hydrogen (secondary N) is 1. The predicted molar refractivity (Wildman–Crippen MR) is 70.7 cm³/mol. The van der Waals surface area contributed by atoms with Crippen molar-refractivity contribution >= 4 is 28.2 Å². The molecule has 1 heterocycles. The van der Waals surface area contributed by atoms with Gasteiger partial charge in [-0.3, -0.25) is 9.59 Å². The van der Waals surface area contributed by atoms with E-state index in [1.807, 2.05) is 6.07 Å². The van der Waals surface area contributed by atoms with Crippen molar-refractivity contribution in [3.63, 3.8) is 0 Å². The molecule has 0 spiro atoms. The number of nitrogens with zero attached hydrogens (tertiary/aromatic N) is 1. The minimum Gasteiger partial charge on any atom is -0.481 e. The van der Waals surface area contributed by atoms with Gasteiger partial charge in [-0.25, -0.2) is 0 Å². The highest BCUT2D eigenvalue weighted by Gasteiger charge is 2.35. The summed E-state index contributed by atoms with van der Waals surface area (Å²) in [5.74, 6) is -2.31. The number of carbonyl (C=O) groups excluding carboxylic acids is 1. The van der Waals surface area contributed by atoms with Gasteiger partial charge in [-0.15, -0.1) is 11.3 Å². The van der Waals surface area contributed by atoms with Crippen molar-refractivity contribution in [3.05, 3.63) is 17.0 Å². The second-order valence-corrected chi connectivity index (χ2v) is 5.52. The zero-order valence-corrected chi connectivity index (χ0v) is 11.1. The van der Waals surface area contributed by atoms with Crippen molar-refractivity contribution in [3.8, 4) is 6.07 Å². The Morgan fingerprint density at radius 3 is 2.68 bits per heavy atom. The van der Waals surface area contributed by atoms with E-state index >= 15 is 0 Å². The Morgan fingerprint density at radius 1 is 1.37 bits per heavy atom. The number of thiophene rings is 1. The Kier molecular flexibility index (Phi) is 4.17. The molecule has 0 saturated heterocycles. The van der Waals surface area contributed by atoms with Crippen LogP contribution in [0.15, 0.2) is 11.4 Å². The van der Waals surface area contributed by atoms with E-state index in [1.54, 1.807) is 11.4 Å². The molecule has 0 aliphatic heterocycles. The maximum Gasteiger partial charge on any atom is 0.307 e. The minimum absolute atomic E-state index is 0.286. The van der Waals surface area contributed by atoms with E-state index in [0.29, 0.717) is 23.4 Å². The van der Waals surface area contributed by atoms with E-state index in [4.69, 9.17) is 10.4 Å². The molecule has 1 aliphatic carbocycles. The van der Waals surface area contributed by atoms with Crippen LogP contribution in [0.5, 0.6) is 0 Å². The molecule has 0 unspecified atom stereocenters. The molecule has 1 aromatic heterocycles. The molecule has 2 atom stereocenters. The van der Waals surface area contributed by atoms with Crippen LogP contribution in [0.2, 0.25) is 0 Å². The van der Waals surface area contributed by atoms with Crippen LogP contribution in [0.4, 0.5) is 5.00 Å². The number of hydrogen-bond donors (Lipinski definition) is 2. The summed E-state index contributed by atoms with van der Waals surface area (Å²) in [7, 11) is 0. The maximum absolute atomic E-state index is 12.2. The van der Waals surface area contributed by atoms with Gasteiger partial charge in [-0.1, -0.05) is 12.8 Å². The molecule has 0 bridgehead atoms. The summed E-state index contributed by atoms with van der Waals surface area (Å²) >= 11 is 1.27. The summed E-state index contributed by atoms with van der Waals surface area (Å²) in [4.78, 5) is 23.3. The Bertz CT molecular complexity index is 532. The Balaban J connectivity index is 2.10. The third-order valence-electron chi connectivity index (χ3n) is 3.44. The molecule has 2 rings (SSSR count). The first-order valence-corrected chi connectivity index (χ1v) is 7.02. The molecule has 0 aromatic carbocycles. The average molecular weight is 278 g/mol. The number of aliphatic carboxylic acids is 1. The standard InChI is InChI=1S/C13H14N2O3S/c14-7-8-5-6-19-12(8)15-11(16)9-3-1-2-4-10(9)13(17)18/h5-6,9-10H,1-4H2,(H,15,16)(H,17,18)/t9-,10+/m1/s1. The molecule has 5 nitrogen and oxygen atoms in total. The number of carboxylic acids is 1. The SMILES string of the molecule is N#Cc1ccsc1NC(=O)[C@@H]1CCCC[C@@H]1C(=O)O. The highest BCUT2D eigenvalue weighted by atomic mass is 32.1. The van der Waals surface area contributed by atoms with Crippen molar-refractivity contribution in [1.29, 1.82) is 5.26 Å². The molecule has 100 valence electrons. The van der Waals surface area contributed by atoms with Gasteiger partial charge >= 0.3 is 5.97 Å². The fraction of sp³-hybridized carbons (Fsp3) is 0.462. The van der Waals surface area contributed by atoms with Crippen LogP contribution in [-0.2, 0) is 9.59 Å². The lowest BCUT2D eigenvalue weighted by atomic mass is 9.79. The van der Waals surface area contributed by atoms with Crippen molar-refractivity contribution in [2.45, 2.75) is 25.7 Å². The lowest BCUT2D eigenvalue weighted by Gasteiger charge is -2.27. The normalized spacial score (nSPS) is 22.5. The fourth-order valence-corrected chi connectivity index (χ4v) is 3.18. The highest BCUT2D eigenvalue weighted by Crippen LogP contribution is 2.32. The molecule has 1 saturated carbocycles. The first-order chi connectivity index (χ1) is 9.13. The highest BCUT2D eigenvalue weighted by molar-refractivity contribution is 7.14. The zero-order valence-electron chi connectivity index (χ0n) is 10.3. The first-order valence-electron chi connectivity index (χ1n) is 6.14. The molecular formula is C13H14N2O3S. The van der Waals surface area contributed by atoms with Gasteiger partial charge < -0.3 is 10.4 Å².